The molecule has 1 aliphatic heterocycles. The Morgan fingerprint density at radius 3 is 2.69 bits per heavy atom. The van der Waals surface area contributed by atoms with Crippen LogP contribution in [0.5, 0.6) is 0 Å². The molecule has 0 radical (unpaired) electrons. The predicted octanol–water partition coefficient (Wildman–Crippen LogP) is 3.08. The molecule has 0 spiro atoms. The summed E-state index contributed by atoms with van der Waals surface area (Å²) in [6, 6.07) is 2.09. The largest absolute Gasteiger partial charge is 0.314 e. The van der Waals surface area contributed by atoms with E-state index in [-0.39, 0.29) is 0 Å². The minimum atomic E-state index is 0.655. The van der Waals surface area contributed by atoms with Crippen molar-refractivity contribution in [1.82, 2.24) is 10.6 Å². The molecule has 0 aromatic carbocycles. The molecule has 0 aromatic heterocycles. The van der Waals surface area contributed by atoms with E-state index in [0.29, 0.717) is 12.1 Å². The van der Waals surface area contributed by atoms with Crippen LogP contribution >= 0.6 is 0 Å². The summed E-state index contributed by atoms with van der Waals surface area (Å²) in [5, 5.41) is 7.35. The molecule has 0 aromatic rings. The van der Waals surface area contributed by atoms with Gasteiger partial charge in [-0.15, -0.1) is 0 Å². The van der Waals surface area contributed by atoms with Crippen molar-refractivity contribution >= 4 is 0 Å². The lowest BCUT2D eigenvalue weighted by molar-refractivity contribution is 0.327. The summed E-state index contributed by atoms with van der Waals surface area (Å²) in [6.07, 6.45) is 9.42. The summed E-state index contributed by atoms with van der Waals surface area (Å²) in [7, 11) is 0. The number of hydrogen-bond donors (Lipinski definition) is 2. The predicted molar refractivity (Wildman–Crippen MR) is 71.8 cm³/mol. The van der Waals surface area contributed by atoms with Gasteiger partial charge < -0.3 is 10.6 Å². The van der Waals surface area contributed by atoms with Gasteiger partial charge in [-0.3, -0.25) is 0 Å². The summed E-state index contributed by atoms with van der Waals surface area (Å²) in [4.78, 5) is 0. The van der Waals surface area contributed by atoms with Crippen LogP contribution in [0.15, 0.2) is 0 Å². The topological polar surface area (TPSA) is 24.1 Å². The van der Waals surface area contributed by atoms with Gasteiger partial charge in [-0.05, 0) is 46.1 Å². The van der Waals surface area contributed by atoms with E-state index in [9.17, 15) is 0 Å². The Kier molecular flexibility index (Phi) is 7.06. The van der Waals surface area contributed by atoms with E-state index in [2.05, 4.69) is 31.4 Å². The molecule has 1 saturated heterocycles. The summed E-state index contributed by atoms with van der Waals surface area (Å²) >= 11 is 0. The van der Waals surface area contributed by atoms with E-state index in [0.717, 1.165) is 6.04 Å². The number of nitrogens with one attached hydrogen (secondary N) is 2. The maximum Gasteiger partial charge on any atom is 0.00817 e. The van der Waals surface area contributed by atoms with Gasteiger partial charge in [-0.2, -0.15) is 0 Å². The van der Waals surface area contributed by atoms with Crippen LogP contribution in [0.4, 0.5) is 0 Å². The molecule has 3 unspecified atom stereocenters. The fourth-order valence-electron chi connectivity index (χ4n) is 2.70. The second-order valence-electron chi connectivity index (χ2n) is 5.49. The Hall–Kier alpha value is -0.0800. The molecule has 1 rings (SSSR count). The van der Waals surface area contributed by atoms with Crippen molar-refractivity contribution in [2.75, 3.05) is 6.54 Å². The van der Waals surface area contributed by atoms with Crippen molar-refractivity contribution in [3.63, 3.8) is 0 Å². The van der Waals surface area contributed by atoms with Crippen LogP contribution in [-0.4, -0.2) is 24.7 Å². The van der Waals surface area contributed by atoms with Gasteiger partial charge in [-0.1, -0.05) is 26.2 Å². The normalized spacial score (nSPS) is 25.3. The first-order valence-electron chi connectivity index (χ1n) is 7.21. The molecule has 96 valence electrons. The molecular weight excluding hydrogens is 196 g/mol. The number of rotatable bonds is 7. The SMILES string of the molecule is CCCCC(C)NC(C)CC1CCCCN1. The molecule has 16 heavy (non-hydrogen) atoms. The van der Waals surface area contributed by atoms with E-state index in [4.69, 9.17) is 0 Å². The summed E-state index contributed by atoms with van der Waals surface area (Å²) in [5.74, 6) is 0. The lowest BCUT2D eigenvalue weighted by atomic mass is 9.98. The van der Waals surface area contributed by atoms with Crippen LogP contribution in [0, 0.1) is 0 Å². The molecule has 1 heterocycles. The van der Waals surface area contributed by atoms with Crippen LogP contribution < -0.4 is 10.6 Å². The van der Waals surface area contributed by atoms with Crippen molar-refractivity contribution in [1.29, 1.82) is 0 Å². The third kappa shape index (κ3) is 5.86. The van der Waals surface area contributed by atoms with Crippen LogP contribution in [0.1, 0.15) is 65.7 Å². The average Bonchev–Trinajstić information content (AvgIpc) is 2.27. The third-order valence-electron chi connectivity index (χ3n) is 3.61. The van der Waals surface area contributed by atoms with Crippen molar-refractivity contribution in [3.8, 4) is 0 Å². The Balaban J connectivity index is 2.11. The summed E-state index contributed by atoms with van der Waals surface area (Å²) in [6.45, 7) is 8.14. The Morgan fingerprint density at radius 2 is 2.06 bits per heavy atom. The molecule has 0 aliphatic carbocycles. The minimum absolute atomic E-state index is 0.655. The van der Waals surface area contributed by atoms with Gasteiger partial charge in [0.2, 0.25) is 0 Å². The third-order valence-corrected chi connectivity index (χ3v) is 3.61. The molecule has 0 bridgehead atoms. The summed E-state index contributed by atoms with van der Waals surface area (Å²) < 4.78 is 0. The van der Waals surface area contributed by atoms with Crippen LogP contribution in [-0.2, 0) is 0 Å². The Morgan fingerprint density at radius 1 is 1.25 bits per heavy atom. The van der Waals surface area contributed by atoms with E-state index >= 15 is 0 Å². The van der Waals surface area contributed by atoms with E-state index in [1.54, 1.807) is 0 Å². The second kappa shape index (κ2) is 8.08. The van der Waals surface area contributed by atoms with Gasteiger partial charge in [0.1, 0.15) is 0 Å². The van der Waals surface area contributed by atoms with E-state index in [1.165, 1.54) is 51.5 Å². The molecular formula is C14H30N2. The maximum atomic E-state index is 3.72. The zero-order valence-corrected chi connectivity index (χ0v) is 11.4. The smallest absolute Gasteiger partial charge is 0.00817 e. The monoisotopic (exact) mass is 226 g/mol. The molecule has 0 saturated carbocycles. The maximum absolute atomic E-state index is 3.72. The molecule has 3 atom stereocenters. The van der Waals surface area contributed by atoms with Gasteiger partial charge in [0, 0.05) is 18.1 Å². The quantitative estimate of drug-likeness (QED) is 0.697. The number of piperidine rings is 1. The van der Waals surface area contributed by atoms with Crippen molar-refractivity contribution in [2.45, 2.75) is 83.8 Å². The first-order chi connectivity index (χ1) is 7.72. The van der Waals surface area contributed by atoms with Gasteiger partial charge in [0.25, 0.3) is 0 Å². The van der Waals surface area contributed by atoms with E-state index < -0.39 is 0 Å². The van der Waals surface area contributed by atoms with Crippen molar-refractivity contribution in [3.05, 3.63) is 0 Å². The van der Waals surface area contributed by atoms with Gasteiger partial charge >= 0.3 is 0 Å². The van der Waals surface area contributed by atoms with Crippen LogP contribution in [0.25, 0.3) is 0 Å². The fraction of sp³-hybridized carbons (Fsp3) is 1.00. The Labute approximate surface area is 102 Å². The molecule has 2 N–H and O–H groups in total. The summed E-state index contributed by atoms with van der Waals surface area (Å²) in [5.41, 5.74) is 0. The minimum Gasteiger partial charge on any atom is -0.314 e. The highest BCUT2D eigenvalue weighted by molar-refractivity contribution is 4.78. The highest BCUT2D eigenvalue weighted by Gasteiger charge is 2.16. The molecule has 2 nitrogen and oxygen atoms in total. The molecule has 0 amide bonds. The molecule has 1 aliphatic rings. The van der Waals surface area contributed by atoms with Gasteiger partial charge in [0.05, 0.1) is 0 Å². The number of hydrogen-bond acceptors (Lipinski definition) is 2. The average molecular weight is 226 g/mol. The first-order valence-corrected chi connectivity index (χ1v) is 7.21. The van der Waals surface area contributed by atoms with Crippen molar-refractivity contribution in [2.24, 2.45) is 0 Å². The lowest BCUT2D eigenvalue weighted by Gasteiger charge is -2.28. The highest BCUT2D eigenvalue weighted by Crippen LogP contribution is 2.12. The van der Waals surface area contributed by atoms with Crippen LogP contribution in [0.2, 0.25) is 0 Å². The zero-order chi connectivity index (χ0) is 11.8. The lowest BCUT2D eigenvalue weighted by Crippen LogP contribution is -2.42. The Bertz CT molecular complexity index is 164. The highest BCUT2D eigenvalue weighted by atomic mass is 15.0. The first kappa shape index (κ1) is 14.0. The van der Waals surface area contributed by atoms with Gasteiger partial charge in [-0.25, -0.2) is 0 Å². The standard InChI is InChI=1S/C14H30N2/c1-4-5-8-12(2)16-13(3)11-14-9-6-7-10-15-14/h12-16H,4-11H2,1-3H3. The van der Waals surface area contributed by atoms with E-state index in [1.807, 2.05) is 0 Å². The second-order valence-corrected chi connectivity index (χ2v) is 5.49. The zero-order valence-electron chi connectivity index (χ0n) is 11.4. The van der Waals surface area contributed by atoms with Crippen LogP contribution in [0.3, 0.4) is 0 Å². The van der Waals surface area contributed by atoms with Crippen molar-refractivity contribution < 1.29 is 0 Å². The fourth-order valence-corrected chi connectivity index (χ4v) is 2.70. The molecule has 1 fully saturated rings. The molecule has 2 heteroatoms. The van der Waals surface area contributed by atoms with Gasteiger partial charge in [0.15, 0.2) is 0 Å². The number of unbranched alkanes of at least 4 members (excludes halogenated alkanes) is 1.